The van der Waals surface area contributed by atoms with Gasteiger partial charge in [-0.3, -0.25) is 0 Å². The lowest BCUT2D eigenvalue weighted by Crippen LogP contribution is -2.28. The van der Waals surface area contributed by atoms with E-state index in [1.165, 1.54) is 0 Å². The summed E-state index contributed by atoms with van der Waals surface area (Å²) in [6, 6.07) is 21.0. The van der Waals surface area contributed by atoms with Crippen LogP contribution >= 0.6 is 11.6 Å². The van der Waals surface area contributed by atoms with Gasteiger partial charge >= 0.3 is 6.03 Å². The van der Waals surface area contributed by atoms with Gasteiger partial charge in [-0.25, -0.2) is 4.79 Å². The van der Waals surface area contributed by atoms with Crippen molar-refractivity contribution in [3.63, 3.8) is 0 Å². The topological polar surface area (TPSA) is 41.1 Å². The van der Waals surface area contributed by atoms with Crippen molar-refractivity contribution in [1.29, 1.82) is 0 Å². The molecule has 0 unspecified atom stereocenters. The molecule has 0 bridgehead atoms. The number of hydrogen-bond donors (Lipinski definition) is 2. The molecule has 0 radical (unpaired) electrons. The number of urea groups is 1. The van der Waals surface area contributed by atoms with Crippen LogP contribution in [0.15, 0.2) is 66.7 Å². The van der Waals surface area contributed by atoms with E-state index < -0.39 is 0 Å². The van der Waals surface area contributed by atoms with Crippen LogP contribution in [0.1, 0.15) is 5.56 Å². The third kappa shape index (κ3) is 3.38. The molecule has 2 amide bonds. The van der Waals surface area contributed by atoms with Gasteiger partial charge in [0.15, 0.2) is 0 Å². The number of carbonyl (C=O) groups excluding carboxylic acids is 1. The van der Waals surface area contributed by atoms with E-state index in [1.807, 2.05) is 60.7 Å². The molecule has 0 saturated heterocycles. The van der Waals surface area contributed by atoms with Crippen LogP contribution in [-0.4, -0.2) is 6.03 Å². The SMILES string of the molecule is O=C(NCc1ccccc1Cl)Nc1ccc2ccccc2c1. The van der Waals surface area contributed by atoms with Crippen LogP contribution in [0.4, 0.5) is 10.5 Å². The van der Waals surface area contributed by atoms with Crippen molar-refractivity contribution in [2.45, 2.75) is 6.54 Å². The Kier molecular flexibility index (Phi) is 4.26. The van der Waals surface area contributed by atoms with E-state index in [2.05, 4.69) is 10.6 Å². The average Bonchev–Trinajstić information content (AvgIpc) is 2.54. The predicted octanol–water partition coefficient (Wildman–Crippen LogP) is 4.81. The van der Waals surface area contributed by atoms with Gasteiger partial charge in [-0.05, 0) is 34.5 Å². The zero-order valence-electron chi connectivity index (χ0n) is 11.8. The second-order valence-corrected chi connectivity index (χ2v) is 5.37. The summed E-state index contributed by atoms with van der Waals surface area (Å²) in [4.78, 5) is 12.0. The number of anilines is 1. The smallest absolute Gasteiger partial charge is 0.319 e. The standard InChI is InChI=1S/C18H15ClN2O/c19-17-8-4-3-7-15(17)12-20-18(22)21-16-10-9-13-5-1-2-6-14(13)11-16/h1-11H,12H2,(H2,20,21,22). The van der Waals surface area contributed by atoms with E-state index in [0.29, 0.717) is 11.6 Å². The number of carbonyl (C=O) groups is 1. The molecule has 3 aromatic rings. The Balaban J connectivity index is 1.64. The Morgan fingerprint density at radius 1 is 0.909 bits per heavy atom. The largest absolute Gasteiger partial charge is 0.334 e. The maximum atomic E-state index is 12.0. The van der Waals surface area contributed by atoms with E-state index in [0.717, 1.165) is 22.0 Å². The second kappa shape index (κ2) is 6.50. The molecule has 0 fully saturated rings. The fourth-order valence-electron chi connectivity index (χ4n) is 2.26. The second-order valence-electron chi connectivity index (χ2n) is 4.96. The first-order valence-corrected chi connectivity index (χ1v) is 7.37. The van der Waals surface area contributed by atoms with E-state index >= 15 is 0 Å². The van der Waals surface area contributed by atoms with Gasteiger partial charge < -0.3 is 10.6 Å². The lowest BCUT2D eigenvalue weighted by Gasteiger charge is -2.09. The highest BCUT2D eigenvalue weighted by Gasteiger charge is 2.04. The van der Waals surface area contributed by atoms with Crippen molar-refractivity contribution in [2.24, 2.45) is 0 Å². The normalized spacial score (nSPS) is 10.4. The Bertz CT molecular complexity index is 817. The highest BCUT2D eigenvalue weighted by molar-refractivity contribution is 6.31. The molecule has 3 nitrogen and oxygen atoms in total. The summed E-state index contributed by atoms with van der Waals surface area (Å²) < 4.78 is 0. The fourth-order valence-corrected chi connectivity index (χ4v) is 2.46. The summed E-state index contributed by atoms with van der Waals surface area (Å²) in [5.41, 5.74) is 1.65. The van der Waals surface area contributed by atoms with Gasteiger partial charge in [0.25, 0.3) is 0 Å². The molecule has 3 rings (SSSR count). The quantitative estimate of drug-likeness (QED) is 0.716. The van der Waals surface area contributed by atoms with Gasteiger partial charge in [0.1, 0.15) is 0 Å². The van der Waals surface area contributed by atoms with Gasteiger partial charge in [-0.2, -0.15) is 0 Å². The van der Waals surface area contributed by atoms with Gasteiger partial charge in [0.2, 0.25) is 0 Å². The summed E-state index contributed by atoms with van der Waals surface area (Å²) in [6.45, 7) is 0.388. The van der Waals surface area contributed by atoms with Crippen molar-refractivity contribution in [2.75, 3.05) is 5.32 Å². The third-order valence-electron chi connectivity index (χ3n) is 3.40. The Labute approximate surface area is 133 Å². The van der Waals surface area contributed by atoms with E-state index in [4.69, 9.17) is 11.6 Å². The highest BCUT2D eigenvalue weighted by Crippen LogP contribution is 2.19. The fraction of sp³-hybridized carbons (Fsp3) is 0.0556. The molecule has 2 N–H and O–H groups in total. The number of amides is 2. The van der Waals surface area contributed by atoms with Crippen LogP contribution < -0.4 is 10.6 Å². The van der Waals surface area contributed by atoms with Gasteiger partial charge in [-0.1, -0.05) is 60.1 Å². The zero-order valence-corrected chi connectivity index (χ0v) is 12.6. The first-order chi connectivity index (χ1) is 10.7. The third-order valence-corrected chi connectivity index (χ3v) is 3.77. The predicted molar refractivity (Wildman–Crippen MR) is 91.3 cm³/mol. The number of benzene rings is 3. The number of nitrogens with one attached hydrogen (secondary N) is 2. The van der Waals surface area contributed by atoms with Crippen LogP contribution in [0, 0.1) is 0 Å². The van der Waals surface area contributed by atoms with Gasteiger partial charge in [0.05, 0.1) is 0 Å². The summed E-state index contributed by atoms with van der Waals surface area (Å²) in [7, 11) is 0. The molecule has 22 heavy (non-hydrogen) atoms. The van der Waals surface area contributed by atoms with Crippen molar-refractivity contribution >= 4 is 34.1 Å². The number of fused-ring (bicyclic) bond motifs is 1. The number of hydrogen-bond acceptors (Lipinski definition) is 1. The molecule has 0 saturated carbocycles. The first kappa shape index (κ1) is 14.4. The molecule has 0 aliphatic heterocycles. The van der Waals surface area contributed by atoms with Crippen molar-refractivity contribution in [3.8, 4) is 0 Å². The summed E-state index contributed by atoms with van der Waals surface area (Å²) in [5, 5.41) is 8.51. The Hall–Kier alpha value is -2.52. The molecular weight excluding hydrogens is 296 g/mol. The molecule has 0 heterocycles. The molecular formula is C18H15ClN2O. The lowest BCUT2D eigenvalue weighted by atomic mass is 10.1. The van der Waals surface area contributed by atoms with E-state index in [-0.39, 0.29) is 6.03 Å². The van der Waals surface area contributed by atoms with E-state index in [9.17, 15) is 4.79 Å². The van der Waals surface area contributed by atoms with Gasteiger partial charge in [-0.15, -0.1) is 0 Å². The maximum absolute atomic E-state index is 12.0. The summed E-state index contributed by atoms with van der Waals surface area (Å²) in [5.74, 6) is 0. The Morgan fingerprint density at radius 3 is 2.45 bits per heavy atom. The van der Waals surface area contributed by atoms with Crippen molar-refractivity contribution < 1.29 is 4.79 Å². The van der Waals surface area contributed by atoms with Crippen molar-refractivity contribution in [1.82, 2.24) is 5.32 Å². The van der Waals surface area contributed by atoms with Crippen LogP contribution in [0.5, 0.6) is 0 Å². The monoisotopic (exact) mass is 310 g/mol. The number of halogens is 1. The summed E-state index contributed by atoms with van der Waals surface area (Å²) >= 11 is 6.06. The van der Waals surface area contributed by atoms with Crippen molar-refractivity contribution in [3.05, 3.63) is 77.3 Å². The molecule has 0 aromatic heterocycles. The highest BCUT2D eigenvalue weighted by atomic mass is 35.5. The maximum Gasteiger partial charge on any atom is 0.319 e. The van der Waals surface area contributed by atoms with E-state index in [1.54, 1.807) is 6.07 Å². The van der Waals surface area contributed by atoms with Crippen LogP contribution in [-0.2, 0) is 6.54 Å². The molecule has 4 heteroatoms. The molecule has 0 spiro atoms. The Morgan fingerprint density at radius 2 is 1.64 bits per heavy atom. The molecule has 0 aliphatic carbocycles. The van der Waals surface area contributed by atoms with Crippen LogP contribution in [0.25, 0.3) is 10.8 Å². The lowest BCUT2D eigenvalue weighted by molar-refractivity contribution is 0.252. The minimum Gasteiger partial charge on any atom is -0.334 e. The molecule has 0 aliphatic rings. The van der Waals surface area contributed by atoms with Gasteiger partial charge in [0, 0.05) is 17.3 Å². The first-order valence-electron chi connectivity index (χ1n) is 6.99. The summed E-state index contributed by atoms with van der Waals surface area (Å²) in [6.07, 6.45) is 0. The zero-order chi connectivity index (χ0) is 15.4. The minimum atomic E-state index is -0.254. The average molecular weight is 311 g/mol. The molecule has 0 atom stereocenters. The minimum absolute atomic E-state index is 0.254. The number of rotatable bonds is 3. The van der Waals surface area contributed by atoms with Crippen LogP contribution in [0.2, 0.25) is 5.02 Å². The van der Waals surface area contributed by atoms with Crippen LogP contribution in [0.3, 0.4) is 0 Å². The molecule has 110 valence electrons. The molecule has 3 aromatic carbocycles.